The van der Waals surface area contributed by atoms with Gasteiger partial charge in [0.15, 0.2) is 0 Å². The molecule has 5 nitrogen and oxygen atoms in total. The molecule has 0 radical (unpaired) electrons. The molecule has 1 fully saturated rings. The lowest BCUT2D eigenvalue weighted by Crippen LogP contribution is -2.29. The molecule has 19 heavy (non-hydrogen) atoms. The molecule has 0 aromatic heterocycles. The molecule has 2 atom stereocenters. The van der Waals surface area contributed by atoms with Crippen LogP contribution in [-0.4, -0.2) is 48.2 Å². The van der Waals surface area contributed by atoms with Gasteiger partial charge in [-0.1, -0.05) is 26.0 Å². The number of benzene rings is 1. The molecule has 106 valence electrons. The Balaban J connectivity index is 2.25. The van der Waals surface area contributed by atoms with Crippen LogP contribution in [0.3, 0.4) is 0 Å². The molecular weight excluding hydrogens is 266 g/mol. The van der Waals surface area contributed by atoms with Gasteiger partial charge in [0.2, 0.25) is 10.0 Å². The van der Waals surface area contributed by atoms with Crippen LogP contribution < -0.4 is 0 Å². The summed E-state index contributed by atoms with van der Waals surface area (Å²) < 4.78 is 25.7. The lowest BCUT2D eigenvalue weighted by Gasteiger charge is -2.16. The number of nitrogens with zero attached hydrogens (tertiary/aromatic N) is 1. The van der Waals surface area contributed by atoms with Crippen LogP contribution in [0, 0.1) is 0 Å². The minimum Gasteiger partial charge on any atom is -0.389 e. The van der Waals surface area contributed by atoms with Gasteiger partial charge in [0, 0.05) is 13.1 Å². The largest absolute Gasteiger partial charge is 0.389 e. The summed E-state index contributed by atoms with van der Waals surface area (Å²) in [6.07, 6.45) is -2.02. The Bertz CT molecular complexity index is 528. The highest BCUT2D eigenvalue weighted by Crippen LogP contribution is 2.23. The molecule has 1 aromatic carbocycles. The van der Waals surface area contributed by atoms with Gasteiger partial charge in [0.1, 0.15) is 0 Å². The highest BCUT2D eigenvalue weighted by atomic mass is 32.2. The summed E-state index contributed by atoms with van der Waals surface area (Å²) in [6.45, 7) is 3.96. The lowest BCUT2D eigenvalue weighted by molar-refractivity contribution is 0.0572. The molecule has 1 aliphatic heterocycles. The van der Waals surface area contributed by atoms with Crippen LogP contribution >= 0.6 is 0 Å². The molecule has 1 saturated heterocycles. The average molecular weight is 285 g/mol. The van der Waals surface area contributed by atoms with Crippen molar-refractivity contribution in [2.24, 2.45) is 0 Å². The van der Waals surface area contributed by atoms with E-state index in [4.69, 9.17) is 0 Å². The van der Waals surface area contributed by atoms with Gasteiger partial charge in [-0.15, -0.1) is 0 Å². The maximum atomic E-state index is 12.3. The zero-order chi connectivity index (χ0) is 14.2. The van der Waals surface area contributed by atoms with Crippen molar-refractivity contribution >= 4 is 10.0 Å². The first-order valence-corrected chi connectivity index (χ1v) is 7.72. The van der Waals surface area contributed by atoms with E-state index in [1.54, 1.807) is 24.3 Å². The molecule has 0 bridgehead atoms. The highest BCUT2D eigenvalue weighted by molar-refractivity contribution is 7.89. The molecule has 0 saturated carbocycles. The number of aliphatic hydroxyl groups excluding tert-OH is 2. The van der Waals surface area contributed by atoms with E-state index in [1.807, 2.05) is 13.8 Å². The van der Waals surface area contributed by atoms with Gasteiger partial charge in [-0.25, -0.2) is 8.42 Å². The van der Waals surface area contributed by atoms with Crippen LogP contribution in [0.4, 0.5) is 0 Å². The fourth-order valence-corrected chi connectivity index (χ4v) is 3.58. The third-order valence-electron chi connectivity index (χ3n) is 3.41. The van der Waals surface area contributed by atoms with Gasteiger partial charge in [0.25, 0.3) is 0 Å². The minimum absolute atomic E-state index is 0.0601. The Morgan fingerprint density at radius 2 is 1.58 bits per heavy atom. The van der Waals surface area contributed by atoms with Crippen molar-refractivity contribution in [3.05, 3.63) is 29.8 Å². The first-order valence-electron chi connectivity index (χ1n) is 6.28. The molecule has 1 heterocycles. The summed E-state index contributed by atoms with van der Waals surface area (Å²) >= 11 is 0. The van der Waals surface area contributed by atoms with E-state index in [0.717, 1.165) is 9.87 Å². The highest BCUT2D eigenvalue weighted by Gasteiger charge is 2.37. The smallest absolute Gasteiger partial charge is 0.243 e. The maximum absolute atomic E-state index is 12.3. The summed E-state index contributed by atoms with van der Waals surface area (Å²) in [5.41, 5.74) is 1.07. The van der Waals surface area contributed by atoms with Gasteiger partial charge in [-0.05, 0) is 23.6 Å². The first-order chi connectivity index (χ1) is 8.82. The normalized spacial score (nSPS) is 25.1. The van der Waals surface area contributed by atoms with Crippen molar-refractivity contribution in [1.29, 1.82) is 0 Å². The number of rotatable bonds is 3. The van der Waals surface area contributed by atoms with Crippen LogP contribution in [0.25, 0.3) is 0 Å². The van der Waals surface area contributed by atoms with E-state index in [9.17, 15) is 18.6 Å². The predicted molar refractivity (Wildman–Crippen MR) is 71.3 cm³/mol. The van der Waals surface area contributed by atoms with Crippen molar-refractivity contribution in [3.8, 4) is 0 Å². The van der Waals surface area contributed by atoms with Gasteiger partial charge >= 0.3 is 0 Å². The van der Waals surface area contributed by atoms with Gasteiger partial charge in [-0.3, -0.25) is 0 Å². The zero-order valence-corrected chi connectivity index (χ0v) is 11.8. The van der Waals surface area contributed by atoms with Gasteiger partial charge in [0.05, 0.1) is 17.1 Å². The van der Waals surface area contributed by atoms with E-state index < -0.39 is 22.2 Å². The van der Waals surface area contributed by atoms with Crippen LogP contribution in [0.5, 0.6) is 0 Å². The van der Waals surface area contributed by atoms with Crippen molar-refractivity contribution in [3.63, 3.8) is 0 Å². The third kappa shape index (κ3) is 2.81. The lowest BCUT2D eigenvalue weighted by atomic mass is 10.0. The second-order valence-corrected chi connectivity index (χ2v) is 7.12. The molecule has 0 amide bonds. The van der Waals surface area contributed by atoms with Crippen molar-refractivity contribution < 1.29 is 18.6 Å². The van der Waals surface area contributed by atoms with Gasteiger partial charge in [-0.2, -0.15) is 4.31 Å². The molecule has 1 aliphatic rings. The SMILES string of the molecule is CC(C)c1ccc(S(=O)(=O)N2CC(O)C(O)C2)cc1. The summed E-state index contributed by atoms with van der Waals surface area (Å²) in [5, 5.41) is 18.9. The quantitative estimate of drug-likeness (QED) is 0.849. The van der Waals surface area contributed by atoms with Crippen molar-refractivity contribution in [2.45, 2.75) is 36.9 Å². The fraction of sp³-hybridized carbons (Fsp3) is 0.538. The average Bonchev–Trinajstić information content (AvgIpc) is 2.70. The zero-order valence-electron chi connectivity index (χ0n) is 11.0. The number of β-amino-alcohol motifs (C(OH)–C–C–N with tert-alkyl or cyclic N) is 2. The van der Waals surface area contributed by atoms with E-state index in [2.05, 4.69) is 0 Å². The molecule has 0 spiro atoms. The van der Waals surface area contributed by atoms with Crippen molar-refractivity contribution in [2.75, 3.05) is 13.1 Å². The second kappa shape index (κ2) is 5.20. The summed E-state index contributed by atoms with van der Waals surface area (Å²) in [7, 11) is -3.63. The topological polar surface area (TPSA) is 77.8 Å². The van der Waals surface area contributed by atoms with Gasteiger partial charge < -0.3 is 10.2 Å². The first kappa shape index (κ1) is 14.5. The Kier molecular flexibility index (Phi) is 3.96. The van der Waals surface area contributed by atoms with E-state index in [1.165, 1.54) is 0 Å². The monoisotopic (exact) mass is 285 g/mol. The summed E-state index contributed by atoms with van der Waals surface area (Å²) in [4.78, 5) is 0.193. The molecule has 2 N–H and O–H groups in total. The maximum Gasteiger partial charge on any atom is 0.243 e. The summed E-state index contributed by atoms with van der Waals surface area (Å²) in [5.74, 6) is 0.340. The van der Waals surface area contributed by atoms with E-state index in [-0.39, 0.29) is 18.0 Å². The van der Waals surface area contributed by atoms with E-state index in [0.29, 0.717) is 5.92 Å². The Morgan fingerprint density at radius 1 is 1.11 bits per heavy atom. The standard InChI is InChI=1S/C13H19NO4S/c1-9(2)10-3-5-11(6-4-10)19(17,18)14-7-12(15)13(16)8-14/h3-6,9,12-13,15-16H,7-8H2,1-2H3. The number of aliphatic hydroxyl groups is 2. The molecular formula is C13H19NO4S. The van der Waals surface area contributed by atoms with Crippen LogP contribution in [0.1, 0.15) is 25.3 Å². The molecule has 0 aliphatic carbocycles. The molecule has 1 aromatic rings. The number of hydrogen-bond acceptors (Lipinski definition) is 4. The Morgan fingerprint density at radius 3 is 2.00 bits per heavy atom. The summed E-state index contributed by atoms with van der Waals surface area (Å²) in [6, 6.07) is 6.73. The number of hydrogen-bond donors (Lipinski definition) is 2. The third-order valence-corrected chi connectivity index (χ3v) is 5.26. The molecule has 2 unspecified atom stereocenters. The Hall–Kier alpha value is -0.950. The van der Waals surface area contributed by atoms with E-state index >= 15 is 0 Å². The second-order valence-electron chi connectivity index (χ2n) is 5.18. The Labute approximate surface area is 113 Å². The predicted octanol–water partition coefficient (Wildman–Crippen LogP) is 0.536. The van der Waals surface area contributed by atoms with Crippen LogP contribution in [0.2, 0.25) is 0 Å². The molecule has 6 heteroatoms. The number of sulfonamides is 1. The molecule has 2 rings (SSSR count). The fourth-order valence-electron chi connectivity index (χ4n) is 2.11. The van der Waals surface area contributed by atoms with Crippen LogP contribution in [-0.2, 0) is 10.0 Å². The van der Waals surface area contributed by atoms with Crippen molar-refractivity contribution in [1.82, 2.24) is 4.31 Å². The minimum atomic E-state index is -3.63. The van der Waals surface area contributed by atoms with Crippen LogP contribution in [0.15, 0.2) is 29.2 Å².